The number of aliphatic imine (C=N–C) groups is 1. The van der Waals surface area contributed by atoms with Crippen molar-refractivity contribution in [2.45, 2.75) is 64.1 Å². The first kappa shape index (κ1) is 23.4. The van der Waals surface area contributed by atoms with Crippen LogP contribution < -0.4 is 10.6 Å². The third-order valence-electron chi connectivity index (χ3n) is 5.44. The predicted molar refractivity (Wildman–Crippen MR) is 128 cm³/mol. The fourth-order valence-electron chi connectivity index (χ4n) is 3.80. The quantitative estimate of drug-likeness (QED) is 0.326. The molecule has 5 nitrogen and oxygen atoms in total. The Bertz CT molecular complexity index is 587. The Kier molecular flexibility index (Phi) is 10.0. The molecule has 6 heteroatoms. The molecule has 2 fully saturated rings. The van der Waals surface area contributed by atoms with Crippen LogP contribution >= 0.6 is 24.0 Å². The Labute approximate surface area is 187 Å². The number of hydrogen-bond donors (Lipinski definition) is 2. The van der Waals surface area contributed by atoms with Crippen LogP contribution in [0.3, 0.4) is 0 Å². The zero-order valence-corrected chi connectivity index (χ0v) is 19.9. The SMILES string of the molecule is CCN=C(NC1CCN(CCOC(C)C)CC1)NC1CC1c1ccccc1.I. The van der Waals surface area contributed by atoms with Crippen LogP contribution in [0, 0.1) is 0 Å². The number of benzene rings is 1. The second-order valence-electron chi connectivity index (χ2n) is 8.01. The van der Waals surface area contributed by atoms with Crippen LogP contribution in [0.1, 0.15) is 51.5 Å². The zero-order chi connectivity index (χ0) is 19.1. The molecule has 0 bridgehead atoms. The summed E-state index contributed by atoms with van der Waals surface area (Å²) < 4.78 is 5.68. The van der Waals surface area contributed by atoms with Gasteiger partial charge in [0.05, 0.1) is 12.7 Å². The van der Waals surface area contributed by atoms with Crippen LogP contribution in [-0.4, -0.2) is 61.8 Å². The fraction of sp³-hybridized carbons (Fsp3) is 0.682. The minimum absolute atomic E-state index is 0. The maximum absolute atomic E-state index is 5.68. The van der Waals surface area contributed by atoms with E-state index < -0.39 is 0 Å². The maximum atomic E-state index is 5.68. The van der Waals surface area contributed by atoms with Gasteiger partial charge in [-0.1, -0.05) is 30.3 Å². The Hall–Kier alpha value is -0.860. The lowest BCUT2D eigenvalue weighted by atomic mass is 10.1. The minimum atomic E-state index is 0. The van der Waals surface area contributed by atoms with E-state index in [0.717, 1.165) is 38.7 Å². The highest BCUT2D eigenvalue weighted by Crippen LogP contribution is 2.40. The molecule has 1 saturated heterocycles. The number of nitrogens with zero attached hydrogens (tertiary/aromatic N) is 2. The van der Waals surface area contributed by atoms with Gasteiger partial charge in [-0.15, -0.1) is 24.0 Å². The summed E-state index contributed by atoms with van der Waals surface area (Å²) in [5.41, 5.74) is 1.43. The average molecular weight is 500 g/mol. The van der Waals surface area contributed by atoms with Crippen molar-refractivity contribution in [2.75, 3.05) is 32.8 Å². The summed E-state index contributed by atoms with van der Waals surface area (Å²) in [6, 6.07) is 11.8. The fourth-order valence-corrected chi connectivity index (χ4v) is 3.80. The van der Waals surface area contributed by atoms with E-state index in [4.69, 9.17) is 4.74 Å². The largest absolute Gasteiger partial charge is 0.377 e. The molecule has 0 spiro atoms. The van der Waals surface area contributed by atoms with Crippen molar-refractivity contribution < 1.29 is 4.74 Å². The number of hydrogen-bond acceptors (Lipinski definition) is 3. The summed E-state index contributed by atoms with van der Waals surface area (Å²) in [4.78, 5) is 7.19. The van der Waals surface area contributed by atoms with Gasteiger partial charge in [-0.3, -0.25) is 4.99 Å². The van der Waals surface area contributed by atoms with E-state index >= 15 is 0 Å². The van der Waals surface area contributed by atoms with Crippen LogP contribution in [0.15, 0.2) is 35.3 Å². The van der Waals surface area contributed by atoms with E-state index in [0.29, 0.717) is 24.1 Å². The molecule has 1 aromatic carbocycles. The highest BCUT2D eigenvalue weighted by atomic mass is 127. The van der Waals surface area contributed by atoms with Crippen molar-refractivity contribution in [2.24, 2.45) is 4.99 Å². The summed E-state index contributed by atoms with van der Waals surface area (Å²) in [5.74, 6) is 1.61. The van der Waals surface area contributed by atoms with E-state index in [-0.39, 0.29) is 24.0 Å². The zero-order valence-electron chi connectivity index (χ0n) is 17.6. The van der Waals surface area contributed by atoms with Crippen molar-refractivity contribution in [1.29, 1.82) is 0 Å². The van der Waals surface area contributed by atoms with E-state index in [1.807, 2.05) is 0 Å². The van der Waals surface area contributed by atoms with Crippen molar-refractivity contribution in [1.82, 2.24) is 15.5 Å². The predicted octanol–water partition coefficient (Wildman–Crippen LogP) is 3.61. The summed E-state index contributed by atoms with van der Waals surface area (Å²) in [6.07, 6.45) is 3.85. The molecule has 0 amide bonds. The molecule has 0 aromatic heterocycles. The molecule has 2 aliphatic rings. The lowest BCUT2D eigenvalue weighted by Gasteiger charge is -2.33. The van der Waals surface area contributed by atoms with Crippen molar-refractivity contribution in [3.8, 4) is 0 Å². The molecular weight excluding hydrogens is 463 g/mol. The summed E-state index contributed by atoms with van der Waals surface area (Å²) in [6.45, 7) is 11.2. The third kappa shape index (κ3) is 7.52. The molecule has 1 heterocycles. The number of guanidine groups is 1. The molecule has 158 valence electrons. The van der Waals surface area contributed by atoms with Gasteiger partial charge in [-0.25, -0.2) is 0 Å². The molecule has 0 radical (unpaired) electrons. The van der Waals surface area contributed by atoms with Crippen molar-refractivity contribution in [3.63, 3.8) is 0 Å². The standard InChI is InChI=1S/C22H36N4O.HI/c1-4-23-22(25-21-16-20(21)18-8-6-5-7-9-18)24-19-10-12-26(13-11-19)14-15-27-17(2)3;/h5-9,17,19-21H,4,10-16H2,1-3H3,(H2,23,24,25);1H. The van der Waals surface area contributed by atoms with E-state index in [1.54, 1.807) is 0 Å². The van der Waals surface area contributed by atoms with Crippen LogP contribution in [0.5, 0.6) is 0 Å². The number of piperidine rings is 1. The summed E-state index contributed by atoms with van der Waals surface area (Å²) in [7, 11) is 0. The van der Waals surface area contributed by atoms with E-state index in [9.17, 15) is 0 Å². The van der Waals surface area contributed by atoms with E-state index in [1.165, 1.54) is 24.8 Å². The van der Waals surface area contributed by atoms with Gasteiger partial charge < -0.3 is 20.3 Å². The molecule has 1 aliphatic carbocycles. The van der Waals surface area contributed by atoms with Crippen molar-refractivity contribution in [3.05, 3.63) is 35.9 Å². The highest BCUT2D eigenvalue weighted by Gasteiger charge is 2.39. The monoisotopic (exact) mass is 500 g/mol. The smallest absolute Gasteiger partial charge is 0.191 e. The Morgan fingerprint density at radius 2 is 1.89 bits per heavy atom. The molecule has 2 N–H and O–H groups in total. The molecule has 2 atom stereocenters. The van der Waals surface area contributed by atoms with Crippen LogP contribution in [0.4, 0.5) is 0 Å². The number of nitrogens with one attached hydrogen (secondary N) is 2. The lowest BCUT2D eigenvalue weighted by molar-refractivity contribution is 0.0532. The van der Waals surface area contributed by atoms with Gasteiger partial charge in [0.1, 0.15) is 0 Å². The summed E-state index contributed by atoms with van der Waals surface area (Å²) in [5, 5.41) is 7.33. The first-order valence-corrected chi connectivity index (χ1v) is 10.6. The van der Waals surface area contributed by atoms with E-state index in [2.05, 4.69) is 71.6 Å². The number of halogens is 1. The first-order chi connectivity index (χ1) is 13.2. The first-order valence-electron chi connectivity index (χ1n) is 10.6. The number of ether oxygens (including phenoxy) is 1. The second-order valence-corrected chi connectivity index (χ2v) is 8.01. The minimum Gasteiger partial charge on any atom is -0.377 e. The van der Waals surface area contributed by atoms with Crippen molar-refractivity contribution >= 4 is 29.9 Å². The highest BCUT2D eigenvalue weighted by molar-refractivity contribution is 14.0. The molecular formula is C22H37IN4O. The Morgan fingerprint density at radius 3 is 2.54 bits per heavy atom. The Morgan fingerprint density at radius 1 is 1.18 bits per heavy atom. The van der Waals surface area contributed by atoms with Gasteiger partial charge in [0.2, 0.25) is 0 Å². The molecule has 2 unspecified atom stereocenters. The molecule has 1 saturated carbocycles. The van der Waals surface area contributed by atoms with Gasteiger partial charge in [-0.05, 0) is 45.6 Å². The third-order valence-corrected chi connectivity index (χ3v) is 5.44. The van der Waals surface area contributed by atoms with Crippen LogP contribution in [0.2, 0.25) is 0 Å². The van der Waals surface area contributed by atoms with Crippen LogP contribution in [-0.2, 0) is 4.74 Å². The maximum Gasteiger partial charge on any atom is 0.191 e. The molecule has 1 aliphatic heterocycles. The number of rotatable bonds is 8. The second kappa shape index (κ2) is 12.0. The van der Waals surface area contributed by atoms with Gasteiger partial charge in [0, 0.05) is 44.2 Å². The van der Waals surface area contributed by atoms with Gasteiger partial charge in [0.15, 0.2) is 5.96 Å². The van der Waals surface area contributed by atoms with Gasteiger partial charge >= 0.3 is 0 Å². The lowest BCUT2D eigenvalue weighted by Crippen LogP contribution is -2.49. The van der Waals surface area contributed by atoms with Gasteiger partial charge in [-0.2, -0.15) is 0 Å². The topological polar surface area (TPSA) is 48.9 Å². The molecule has 28 heavy (non-hydrogen) atoms. The molecule has 1 aromatic rings. The number of likely N-dealkylation sites (tertiary alicyclic amines) is 1. The average Bonchev–Trinajstić information content (AvgIpc) is 3.43. The van der Waals surface area contributed by atoms with Gasteiger partial charge in [0.25, 0.3) is 0 Å². The van der Waals surface area contributed by atoms with Crippen LogP contribution in [0.25, 0.3) is 0 Å². The molecule has 3 rings (SSSR count). The summed E-state index contributed by atoms with van der Waals surface area (Å²) >= 11 is 0. The Balaban J connectivity index is 0.00000280. The normalized spacial score (nSPS) is 23.4.